The van der Waals surface area contributed by atoms with E-state index in [1.165, 1.54) is 18.2 Å². The molecular weight excluding hydrogens is 261 g/mol. The number of aliphatic hydroxyl groups excluding tert-OH is 1. The van der Waals surface area contributed by atoms with Crippen LogP contribution in [0.4, 0.5) is 4.39 Å². The fourth-order valence-electron chi connectivity index (χ4n) is 1.67. The predicted molar refractivity (Wildman–Crippen MR) is 75.0 cm³/mol. The summed E-state index contributed by atoms with van der Waals surface area (Å²) in [5.74, 6) is -0.595. The van der Waals surface area contributed by atoms with Crippen LogP contribution in [0.15, 0.2) is 18.2 Å². The van der Waals surface area contributed by atoms with Crippen molar-refractivity contribution in [1.29, 1.82) is 0 Å². The second-order valence-electron chi connectivity index (χ2n) is 5.86. The first-order valence-corrected chi connectivity index (χ1v) is 6.56. The average molecular weight is 283 g/mol. The molecule has 5 heteroatoms. The zero-order valence-corrected chi connectivity index (χ0v) is 12.5. The molecule has 1 amide bonds. The fraction of sp³-hybridized carbons (Fsp3) is 0.533. The summed E-state index contributed by atoms with van der Waals surface area (Å²) in [7, 11) is 0. The third kappa shape index (κ3) is 4.81. The highest BCUT2D eigenvalue weighted by Crippen LogP contribution is 2.27. The minimum absolute atomic E-state index is 0.177. The topological polar surface area (TPSA) is 58.6 Å². The largest absolute Gasteiger partial charge is 0.480 e. The summed E-state index contributed by atoms with van der Waals surface area (Å²) < 4.78 is 18.8. The van der Waals surface area contributed by atoms with Gasteiger partial charge in [0.25, 0.3) is 5.91 Å². The summed E-state index contributed by atoms with van der Waals surface area (Å²) in [6, 6.07) is 3.86. The van der Waals surface area contributed by atoms with Crippen molar-refractivity contribution in [2.24, 2.45) is 0 Å². The van der Waals surface area contributed by atoms with Crippen LogP contribution in [0.3, 0.4) is 0 Å². The molecule has 1 rings (SSSR count). The molecule has 0 saturated carbocycles. The molecule has 0 bridgehead atoms. The molecule has 0 fully saturated rings. The van der Waals surface area contributed by atoms with Crippen LogP contribution in [0.5, 0.6) is 5.75 Å². The minimum Gasteiger partial charge on any atom is -0.480 e. The molecule has 0 spiro atoms. The Hall–Kier alpha value is -1.62. The minimum atomic E-state index is -0.802. The van der Waals surface area contributed by atoms with E-state index in [0.717, 1.165) is 0 Å². The van der Waals surface area contributed by atoms with Crippen LogP contribution < -0.4 is 10.1 Å². The Bertz CT molecular complexity index is 480. The van der Waals surface area contributed by atoms with Gasteiger partial charge in [-0.15, -0.1) is 0 Å². The molecule has 1 aromatic rings. The Morgan fingerprint density at radius 2 is 1.95 bits per heavy atom. The summed E-state index contributed by atoms with van der Waals surface area (Å²) in [6.45, 7) is 8.72. The van der Waals surface area contributed by atoms with Crippen LogP contribution in [-0.4, -0.2) is 22.7 Å². The van der Waals surface area contributed by atoms with E-state index in [1.807, 2.05) is 20.8 Å². The summed E-state index contributed by atoms with van der Waals surface area (Å²) in [4.78, 5) is 11.9. The van der Waals surface area contributed by atoms with Gasteiger partial charge in [-0.3, -0.25) is 4.79 Å². The quantitative estimate of drug-likeness (QED) is 0.893. The van der Waals surface area contributed by atoms with Gasteiger partial charge in [-0.05, 0) is 46.8 Å². The predicted octanol–water partition coefficient (Wildman–Crippen LogP) is 2.56. The molecule has 0 heterocycles. The number of carbonyl (C=O) groups is 1. The van der Waals surface area contributed by atoms with E-state index in [0.29, 0.717) is 5.56 Å². The highest BCUT2D eigenvalue weighted by molar-refractivity contribution is 5.81. The number of benzene rings is 1. The van der Waals surface area contributed by atoms with Crippen molar-refractivity contribution in [2.75, 3.05) is 0 Å². The van der Waals surface area contributed by atoms with Crippen LogP contribution in [0, 0.1) is 5.82 Å². The van der Waals surface area contributed by atoms with Gasteiger partial charge in [-0.1, -0.05) is 0 Å². The van der Waals surface area contributed by atoms with Crippen molar-refractivity contribution in [3.05, 3.63) is 29.6 Å². The molecule has 0 aromatic heterocycles. The lowest BCUT2D eigenvalue weighted by molar-refractivity contribution is -0.128. The van der Waals surface area contributed by atoms with Crippen LogP contribution >= 0.6 is 0 Å². The normalized spacial score (nSPS) is 14.6. The number of nitrogens with one attached hydrogen (secondary N) is 1. The molecular formula is C15H22FNO3. The van der Waals surface area contributed by atoms with Gasteiger partial charge in [0.15, 0.2) is 6.10 Å². The number of hydrogen-bond donors (Lipinski definition) is 2. The molecule has 2 unspecified atom stereocenters. The third-order valence-electron chi connectivity index (χ3n) is 2.60. The highest BCUT2D eigenvalue weighted by atomic mass is 19.1. The monoisotopic (exact) mass is 283 g/mol. The second kappa shape index (κ2) is 6.22. The van der Waals surface area contributed by atoms with E-state index in [2.05, 4.69) is 5.32 Å². The smallest absolute Gasteiger partial charge is 0.261 e. The zero-order chi connectivity index (χ0) is 15.5. The van der Waals surface area contributed by atoms with Crippen LogP contribution in [0.2, 0.25) is 0 Å². The molecule has 0 aliphatic rings. The van der Waals surface area contributed by atoms with Crippen molar-refractivity contribution in [3.8, 4) is 5.75 Å². The number of hydrogen-bond acceptors (Lipinski definition) is 3. The SMILES string of the molecule is CC(Oc1cc(F)ccc1C(C)O)C(=O)NC(C)(C)C. The Labute approximate surface area is 119 Å². The maximum absolute atomic E-state index is 13.3. The molecule has 112 valence electrons. The lowest BCUT2D eigenvalue weighted by Gasteiger charge is -2.24. The molecule has 2 N–H and O–H groups in total. The lowest BCUT2D eigenvalue weighted by atomic mass is 10.1. The van der Waals surface area contributed by atoms with E-state index < -0.39 is 18.0 Å². The van der Waals surface area contributed by atoms with Gasteiger partial charge in [-0.2, -0.15) is 0 Å². The van der Waals surface area contributed by atoms with E-state index in [9.17, 15) is 14.3 Å². The van der Waals surface area contributed by atoms with E-state index in [-0.39, 0.29) is 17.2 Å². The Kier molecular flexibility index (Phi) is 5.11. The number of amides is 1. The molecule has 1 aromatic carbocycles. The second-order valence-corrected chi connectivity index (χ2v) is 5.86. The van der Waals surface area contributed by atoms with Gasteiger partial charge >= 0.3 is 0 Å². The summed E-state index contributed by atoms with van der Waals surface area (Å²) in [5, 5.41) is 12.4. The van der Waals surface area contributed by atoms with E-state index in [4.69, 9.17) is 4.74 Å². The van der Waals surface area contributed by atoms with Crippen molar-refractivity contribution < 1.29 is 19.0 Å². The van der Waals surface area contributed by atoms with Crippen molar-refractivity contribution >= 4 is 5.91 Å². The standard InChI is InChI=1S/C15H22FNO3/c1-9(18)12-7-6-11(16)8-13(12)20-10(2)14(19)17-15(3,4)5/h6-10,18H,1-5H3,(H,17,19). The number of aliphatic hydroxyl groups is 1. The Morgan fingerprint density at radius 1 is 1.35 bits per heavy atom. The van der Waals surface area contributed by atoms with E-state index in [1.54, 1.807) is 13.8 Å². The summed E-state index contributed by atoms with van der Waals surface area (Å²) >= 11 is 0. The van der Waals surface area contributed by atoms with Gasteiger partial charge in [0.05, 0.1) is 6.10 Å². The maximum Gasteiger partial charge on any atom is 0.261 e. The average Bonchev–Trinajstić information content (AvgIpc) is 2.26. The maximum atomic E-state index is 13.3. The number of carbonyl (C=O) groups excluding carboxylic acids is 1. The first kappa shape index (κ1) is 16.4. The van der Waals surface area contributed by atoms with Gasteiger partial charge in [-0.25, -0.2) is 4.39 Å². The van der Waals surface area contributed by atoms with Crippen LogP contribution in [-0.2, 0) is 4.79 Å². The lowest BCUT2D eigenvalue weighted by Crippen LogP contribution is -2.46. The van der Waals surface area contributed by atoms with Crippen molar-refractivity contribution in [2.45, 2.75) is 52.4 Å². The molecule has 4 nitrogen and oxygen atoms in total. The first-order valence-electron chi connectivity index (χ1n) is 6.56. The molecule has 20 heavy (non-hydrogen) atoms. The van der Waals surface area contributed by atoms with Crippen LogP contribution in [0.1, 0.15) is 46.3 Å². The zero-order valence-electron chi connectivity index (χ0n) is 12.5. The van der Waals surface area contributed by atoms with Gasteiger partial charge in [0, 0.05) is 17.2 Å². The fourth-order valence-corrected chi connectivity index (χ4v) is 1.67. The Balaban J connectivity index is 2.87. The number of ether oxygens (including phenoxy) is 1. The van der Waals surface area contributed by atoms with Crippen molar-refractivity contribution in [1.82, 2.24) is 5.32 Å². The summed E-state index contributed by atoms with van der Waals surface area (Å²) in [6.07, 6.45) is -1.59. The molecule has 0 aliphatic heterocycles. The third-order valence-corrected chi connectivity index (χ3v) is 2.60. The van der Waals surface area contributed by atoms with Gasteiger partial charge in [0.1, 0.15) is 11.6 Å². The van der Waals surface area contributed by atoms with Crippen LogP contribution in [0.25, 0.3) is 0 Å². The summed E-state index contributed by atoms with van der Waals surface area (Å²) in [5.41, 5.74) is 0.0748. The number of halogens is 1. The van der Waals surface area contributed by atoms with Crippen molar-refractivity contribution in [3.63, 3.8) is 0 Å². The highest BCUT2D eigenvalue weighted by Gasteiger charge is 2.22. The number of rotatable bonds is 4. The molecule has 2 atom stereocenters. The molecule has 0 aliphatic carbocycles. The first-order chi connectivity index (χ1) is 9.10. The molecule has 0 saturated heterocycles. The van der Waals surface area contributed by atoms with E-state index >= 15 is 0 Å². The van der Waals surface area contributed by atoms with Gasteiger partial charge in [0.2, 0.25) is 0 Å². The van der Waals surface area contributed by atoms with Gasteiger partial charge < -0.3 is 15.2 Å². The molecule has 0 radical (unpaired) electrons. The Morgan fingerprint density at radius 3 is 2.45 bits per heavy atom.